The maximum absolute atomic E-state index is 12.6. The normalized spacial score (nSPS) is 14.5. The molecule has 0 bridgehead atoms. The van der Waals surface area contributed by atoms with Gasteiger partial charge in [-0.15, -0.1) is 11.8 Å². The standard InChI is InChI=1S/C21H22N2O4S/c1-28-18-5-3-2-4-17(18)19(24)22-16-8-6-14(7-9-16)20(25)23-12-10-15(11-13-23)21(26)27/h2-9,15H,10-13H2,1H3,(H,22,24)(H,26,27). The van der Waals surface area contributed by atoms with Crippen molar-refractivity contribution < 1.29 is 19.5 Å². The van der Waals surface area contributed by atoms with E-state index in [1.807, 2.05) is 24.5 Å². The molecule has 28 heavy (non-hydrogen) atoms. The lowest BCUT2D eigenvalue weighted by Gasteiger charge is -2.30. The van der Waals surface area contributed by atoms with Crippen molar-refractivity contribution in [2.24, 2.45) is 5.92 Å². The third kappa shape index (κ3) is 4.54. The number of aliphatic carboxylic acids is 1. The van der Waals surface area contributed by atoms with Crippen LogP contribution in [0.4, 0.5) is 5.69 Å². The molecule has 1 aliphatic heterocycles. The van der Waals surface area contributed by atoms with Crippen LogP contribution in [0.3, 0.4) is 0 Å². The Labute approximate surface area is 167 Å². The van der Waals surface area contributed by atoms with Crippen LogP contribution in [0.15, 0.2) is 53.4 Å². The molecule has 0 radical (unpaired) electrons. The maximum Gasteiger partial charge on any atom is 0.306 e. The number of benzene rings is 2. The first-order valence-corrected chi connectivity index (χ1v) is 10.3. The quantitative estimate of drug-likeness (QED) is 0.752. The average Bonchev–Trinajstić information content (AvgIpc) is 2.73. The zero-order valence-electron chi connectivity index (χ0n) is 15.6. The first-order chi connectivity index (χ1) is 13.5. The van der Waals surface area contributed by atoms with Crippen LogP contribution in [0.1, 0.15) is 33.6 Å². The molecule has 1 saturated heterocycles. The number of amides is 2. The molecule has 2 amide bonds. The van der Waals surface area contributed by atoms with Gasteiger partial charge in [0.05, 0.1) is 11.5 Å². The number of carbonyl (C=O) groups is 3. The molecule has 0 saturated carbocycles. The van der Waals surface area contributed by atoms with E-state index in [0.717, 1.165) is 4.90 Å². The largest absolute Gasteiger partial charge is 0.481 e. The van der Waals surface area contributed by atoms with Crippen molar-refractivity contribution in [3.8, 4) is 0 Å². The lowest BCUT2D eigenvalue weighted by Crippen LogP contribution is -2.40. The van der Waals surface area contributed by atoms with Crippen molar-refractivity contribution >= 4 is 35.2 Å². The number of nitrogens with zero attached hydrogens (tertiary/aromatic N) is 1. The topological polar surface area (TPSA) is 86.7 Å². The molecule has 2 N–H and O–H groups in total. The van der Waals surface area contributed by atoms with Crippen LogP contribution in [0.5, 0.6) is 0 Å². The highest BCUT2D eigenvalue weighted by Crippen LogP contribution is 2.22. The number of thioether (sulfide) groups is 1. The summed E-state index contributed by atoms with van der Waals surface area (Å²) < 4.78 is 0. The van der Waals surface area contributed by atoms with E-state index < -0.39 is 5.97 Å². The molecular weight excluding hydrogens is 376 g/mol. The summed E-state index contributed by atoms with van der Waals surface area (Å²) in [7, 11) is 0. The van der Waals surface area contributed by atoms with Crippen LogP contribution in [0, 0.1) is 5.92 Å². The highest BCUT2D eigenvalue weighted by atomic mass is 32.2. The predicted octanol–water partition coefficient (Wildman–Crippen LogP) is 3.60. The highest BCUT2D eigenvalue weighted by molar-refractivity contribution is 7.98. The van der Waals surface area contributed by atoms with Gasteiger partial charge in [-0.25, -0.2) is 0 Å². The van der Waals surface area contributed by atoms with Gasteiger partial charge in [-0.05, 0) is 55.5 Å². The summed E-state index contributed by atoms with van der Waals surface area (Å²) in [6.07, 6.45) is 2.87. The van der Waals surface area contributed by atoms with E-state index in [2.05, 4.69) is 5.32 Å². The SMILES string of the molecule is CSc1ccccc1C(=O)Nc1ccc(C(=O)N2CCC(C(=O)O)CC2)cc1. The molecule has 0 unspecified atom stereocenters. The zero-order valence-corrected chi connectivity index (χ0v) is 16.4. The van der Waals surface area contributed by atoms with Gasteiger partial charge in [0.15, 0.2) is 0 Å². The molecule has 3 rings (SSSR count). The Morgan fingerprint density at radius 2 is 1.68 bits per heavy atom. The number of rotatable bonds is 5. The minimum Gasteiger partial charge on any atom is -0.481 e. The number of carbonyl (C=O) groups excluding carboxylic acids is 2. The number of hydrogen-bond donors (Lipinski definition) is 2. The molecule has 0 spiro atoms. The number of anilines is 1. The minimum absolute atomic E-state index is 0.116. The van der Waals surface area contributed by atoms with Crippen molar-refractivity contribution in [3.05, 3.63) is 59.7 Å². The van der Waals surface area contributed by atoms with Gasteiger partial charge in [-0.1, -0.05) is 12.1 Å². The van der Waals surface area contributed by atoms with E-state index in [4.69, 9.17) is 5.11 Å². The van der Waals surface area contributed by atoms with Crippen LogP contribution in [-0.2, 0) is 4.79 Å². The first-order valence-electron chi connectivity index (χ1n) is 9.06. The van der Waals surface area contributed by atoms with Gasteiger partial charge in [-0.2, -0.15) is 0 Å². The van der Waals surface area contributed by atoms with Gasteiger partial charge in [0.2, 0.25) is 0 Å². The van der Waals surface area contributed by atoms with E-state index >= 15 is 0 Å². The van der Waals surface area contributed by atoms with Crippen LogP contribution in [0.25, 0.3) is 0 Å². The maximum atomic E-state index is 12.6. The Hall–Kier alpha value is -2.80. The summed E-state index contributed by atoms with van der Waals surface area (Å²) in [5, 5.41) is 11.9. The van der Waals surface area contributed by atoms with Gasteiger partial charge < -0.3 is 15.3 Å². The van der Waals surface area contributed by atoms with Gasteiger partial charge >= 0.3 is 5.97 Å². The second kappa shape index (κ2) is 8.93. The highest BCUT2D eigenvalue weighted by Gasteiger charge is 2.27. The van der Waals surface area contributed by atoms with Crippen molar-refractivity contribution in [1.82, 2.24) is 4.90 Å². The Balaban J connectivity index is 1.63. The van der Waals surface area contributed by atoms with Crippen LogP contribution < -0.4 is 5.32 Å². The second-order valence-electron chi connectivity index (χ2n) is 6.64. The molecule has 2 aromatic carbocycles. The van der Waals surface area contributed by atoms with E-state index in [-0.39, 0.29) is 17.7 Å². The lowest BCUT2D eigenvalue weighted by atomic mass is 9.96. The fourth-order valence-corrected chi connectivity index (χ4v) is 3.83. The lowest BCUT2D eigenvalue weighted by molar-refractivity contribution is -0.143. The molecule has 1 heterocycles. The van der Waals surface area contributed by atoms with Gasteiger partial charge in [-0.3, -0.25) is 14.4 Å². The summed E-state index contributed by atoms with van der Waals surface area (Å²) in [5.41, 5.74) is 1.75. The van der Waals surface area contributed by atoms with E-state index in [1.54, 1.807) is 35.2 Å². The number of piperidine rings is 1. The van der Waals surface area contributed by atoms with E-state index in [0.29, 0.717) is 42.7 Å². The van der Waals surface area contributed by atoms with Crippen molar-refractivity contribution in [1.29, 1.82) is 0 Å². The smallest absolute Gasteiger partial charge is 0.306 e. The number of carboxylic acids is 1. The van der Waals surface area contributed by atoms with Crippen molar-refractivity contribution in [2.75, 3.05) is 24.7 Å². The molecule has 0 aromatic heterocycles. The summed E-state index contributed by atoms with van der Waals surface area (Å²) in [6, 6.07) is 14.2. The third-order valence-electron chi connectivity index (χ3n) is 4.87. The van der Waals surface area contributed by atoms with Crippen molar-refractivity contribution in [3.63, 3.8) is 0 Å². The van der Waals surface area contributed by atoms with Gasteiger partial charge in [0.25, 0.3) is 11.8 Å². The number of nitrogens with one attached hydrogen (secondary N) is 1. The average molecular weight is 398 g/mol. The second-order valence-corrected chi connectivity index (χ2v) is 7.48. The number of carboxylic acid groups (broad SMARTS) is 1. The van der Waals surface area contributed by atoms with Gasteiger partial charge in [0, 0.05) is 29.2 Å². The molecule has 0 atom stereocenters. The van der Waals surface area contributed by atoms with E-state index in [9.17, 15) is 14.4 Å². The fourth-order valence-electron chi connectivity index (χ4n) is 3.24. The van der Waals surface area contributed by atoms with Crippen LogP contribution >= 0.6 is 11.8 Å². The molecule has 1 aliphatic rings. The third-order valence-corrected chi connectivity index (χ3v) is 5.67. The fraction of sp³-hybridized carbons (Fsp3) is 0.286. The zero-order chi connectivity index (χ0) is 20.1. The Morgan fingerprint density at radius 1 is 1.04 bits per heavy atom. The molecule has 0 aliphatic carbocycles. The monoisotopic (exact) mass is 398 g/mol. The van der Waals surface area contributed by atoms with E-state index in [1.165, 1.54) is 11.8 Å². The Morgan fingerprint density at radius 3 is 2.29 bits per heavy atom. The molecule has 2 aromatic rings. The first kappa shape index (κ1) is 19.9. The summed E-state index contributed by atoms with van der Waals surface area (Å²) in [4.78, 5) is 38.7. The Bertz CT molecular complexity index is 874. The number of hydrogen-bond acceptors (Lipinski definition) is 4. The van der Waals surface area contributed by atoms with Gasteiger partial charge in [0.1, 0.15) is 0 Å². The molecule has 6 nitrogen and oxygen atoms in total. The molecular formula is C21H22N2O4S. The Kier molecular flexibility index (Phi) is 6.36. The summed E-state index contributed by atoms with van der Waals surface area (Å²) >= 11 is 1.51. The summed E-state index contributed by atoms with van der Waals surface area (Å²) in [5.74, 6) is -1.48. The van der Waals surface area contributed by atoms with Crippen LogP contribution in [-0.4, -0.2) is 47.1 Å². The minimum atomic E-state index is -0.796. The predicted molar refractivity (Wildman–Crippen MR) is 109 cm³/mol. The molecule has 1 fully saturated rings. The van der Waals surface area contributed by atoms with Crippen LogP contribution in [0.2, 0.25) is 0 Å². The summed E-state index contributed by atoms with van der Waals surface area (Å²) in [6.45, 7) is 0.888. The molecule has 146 valence electrons. The van der Waals surface area contributed by atoms with Crippen molar-refractivity contribution in [2.45, 2.75) is 17.7 Å². The molecule has 7 heteroatoms. The number of likely N-dealkylation sites (tertiary alicyclic amines) is 1.